The molecule has 1 aromatic rings. The Morgan fingerprint density at radius 2 is 2.25 bits per heavy atom. The molecule has 1 saturated heterocycles. The minimum absolute atomic E-state index is 0.0392. The third-order valence-electron chi connectivity index (χ3n) is 2.48. The van der Waals surface area contributed by atoms with Gasteiger partial charge in [-0.3, -0.25) is 15.0 Å². The molecule has 1 aromatic carbocycles. The van der Waals surface area contributed by atoms with Gasteiger partial charge in [-0.05, 0) is 18.6 Å². The van der Waals surface area contributed by atoms with E-state index in [0.717, 1.165) is 5.56 Å². The highest BCUT2D eigenvalue weighted by Gasteiger charge is 2.27. The van der Waals surface area contributed by atoms with E-state index in [4.69, 9.17) is 0 Å². The van der Waals surface area contributed by atoms with E-state index < -0.39 is 4.92 Å². The zero-order valence-electron chi connectivity index (χ0n) is 8.77. The van der Waals surface area contributed by atoms with Gasteiger partial charge < -0.3 is 5.32 Å². The first kappa shape index (κ1) is 10.4. The smallest absolute Gasteiger partial charge is 0.322 e. The second kappa shape index (κ2) is 3.80. The normalized spacial score (nSPS) is 15.1. The van der Waals surface area contributed by atoms with E-state index in [1.54, 1.807) is 12.1 Å². The fourth-order valence-electron chi connectivity index (χ4n) is 1.71. The number of hydrogen-bond donors (Lipinski definition) is 1. The van der Waals surface area contributed by atoms with Gasteiger partial charge in [0.25, 0.3) is 5.69 Å². The van der Waals surface area contributed by atoms with E-state index >= 15 is 0 Å². The van der Waals surface area contributed by atoms with Crippen LogP contribution in [0.4, 0.5) is 16.2 Å². The van der Waals surface area contributed by atoms with Gasteiger partial charge in [-0.15, -0.1) is 0 Å². The number of hydrogen-bond acceptors (Lipinski definition) is 3. The Kier molecular flexibility index (Phi) is 2.47. The molecule has 0 radical (unpaired) electrons. The van der Waals surface area contributed by atoms with Crippen molar-refractivity contribution in [3.05, 3.63) is 33.9 Å². The Hall–Kier alpha value is -2.11. The van der Waals surface area contributed by atoms with E-state index in [1.807, 2.05) is 6.92 Å². The molecule has 6 nitrogen and oxygen atoms in total. The minimum atomic E-state index is -0.472. The Morgan fingerprint density at radius 1 is 1.50 bits per heavy atom. The lowest BCUT2D eigenvalue weighted by molar-refractivity contribution is -0.384. The number of carbonyl (C=O) groups is 1. The summed E-state index contributed by atoms with van der Waals surface area (Å²) in [6.07, 6.45) is 0. The number of amides is 2. The number of benzene rings is 1. The fourth-order valence-corrected chi connectivity index (χ4v) is 1.71. The number of urea groups is 1. The first-order valence-corrected chi connectivity index (χ1v) is 4.90. The van der Waals surface area contributed by atoms with E-state index in [0.29, 0.717) is 18.8 Å². The van der Waals surface area contributed by atoms with Crippen LogP contribution in [0.15, 0.2) is 18.2 Å². The van der Waals surface area contributed by atoms with Gasteiger partial charge in [0.1, 0.15) is 5.69 Å². The van der Waals surface area contributed by atoms with Crippen LogP contribution in [0.1, 0.15) is 5.56 Å². The molecule has 0 aromatic heterocycles. The molecule has 2 rings (SSSR count). The molecule has 0 spiro atoms. The second-order valence-electron chi connectivity index (χ2n) is 3.63. The fraction of sp³-hybridized carbons (Fsp3) is 0.300. The van der Waals surface area contributed by atoms with Crippen LogP contribution in [0.2, 0.25) is 0 Å². The average Bonchev–Trinajstić information content (AvgIpc) is 2.63. The molecule has 0 atom stereocenters. The maximum atomic E-state index is 11.5. The highest BCUT2D eigenvalue weighted by molar-refractivity contribution is 5.96. The van der Waals surface area contributed by atoms with E-state index in [1.165, 1.54) is 11.0 Å². The van der Waals surface area contributed by atoms with Gasteiger partial charge in [0, 0.05) is 19.2 Å². The third kappa shape index (κ3) is 1.69. The highest BCUT2D eigenvalue weighted by atomic mass is 16.6. The number of nitrogens with zero attached hydrogens (tertiary/aromatic N) is 2. The van der Waals surface area contributed by atoms with Crippen molar-refractivity contribution in [2.75, 3.05) is 18.0 Å². The van der Waals surface area contributed by atoms with Gasteiger partial charge >= 0.3 is 6.03 Å². The van der Waals surface area contributed by atoms with Crippen LogP contribution >= 0.6 is 0 Å². The summed E-state index contributed by atoms with van der Waals surface area (Å²) < 4.78 is 0. The van der Waals surface area contributed by atoms with E-state index in [2.05, 4.69) is 5.32 Å². The third-order valence-corrected chi connectivity index (χ3v) is 2.48. The van der Waals surface area contributed by atoms with Crippen molar-refractivity contribution in [3.8, 4) is 0 Å². The summed E-state index contributed by atoms with van der Waals surface area (Å²) in [4.78, 5) is 23.2. The molecule has 1 fully saturated rings. The highest BCUT2D eigenvalue weighted by Crippen LogP contribution is 2.29. The summed E-state index contributed by atoms with van der Waals surface area (Å²) in [5.41, 5.74) is 1.21. The SMILES string of the molecule is Cc1ccc([N+](=O)[O-])c(N2CCNC2=O)c1. The molecule has 6 heteroatoms. The maximum absolute atomic E-state index is 11.5. The molecular formula is C10H11N3O3. The zero-order chi connectivity index (χ0) is 11.7. The summed E-state index contributed by atoms with van der Waals surface area (Å²) in [6.45, 7) is 2.81. The van der Waals surface area contributed by atoms with Gasteiger partial charge in [-0.2, -0.15) is 0 Å². The van der Waals surface area contributed by atoms with E-state index in [9.17, 15) is 14.9 Å². The Balaban J connectivity index is 2.48. The Bertz CT molecular complexity index is 459. The van der Waals surface area contributed by atoms with Crippen molar-refractivity contribution in [2.45, 2.75) is 6.92 Å². The van der Waals surface area contributed by atoms with Crippen molar-refractivity contribution < 1.29 is 9.72 Å². The number of nitro benzene ring substituents is 1. The number of aryl methyl sites for hydroxylation is 1. The lowest BCUT2D eigenvalue weighted by atomic mass is 10.2. The van der Waals surface area contributed by atoms with Crippen LogP contribution in [-0.4, -0.2) is 24.0 Å². The van der Waals surface area contributed by atoms with Crippen LogP contribution in [0.5, 0.6) is 0 Å². The number of rotatable bonds is 2. The van der Waals surface area contributed by atoms with Gasteiger partial charge in [-0.1, -0.05) is 6.07 Å². The predicted molar refractivity (Wildman–Crippen MR) is 58.6 cm³/mol. The summed E-state index contributed by atoms with van der Waals surface area (Å²) in [7, 11) is 0. The van der Waals surface area contributed by atoms with Crippen LogP contribution in [-0.2, 0) is 0 Å². The second-order valence-corrected chi connectivity index (χ2v) is 3.63. The topological polar surface area (TPSA) is 75.5 Å². The minimum Gasteiger partial charge on any atom is -0.336 e. The zero-order valence-corrected chi connectivity index (χ0v) is 8.77. The standard InChI is InChI=1S/C10H11N3O3/c1-7-2-3-8(13(15)16)9(6-7)12-5-4-11-10(12)14/h2-3,6H,4-5H2,1H3,(H,11,14). The molecule has 1 aliphatic rings. The number of carbonyl (C=O) groups excluding carboxylic acids is 1. The lowest BCUT2D eigenvalue weighted by Gasteiger charge is -2.14. The number of nitrogens with one attached hydrogen (secondary N) is 1. The van der Waals surface area contributed by atoms with Gasteiger partial charge in [0.2, 0.25) is 0 Å². The number of anilines is 1. The molecule has 0 bridgehead atoms. The van der Waals surface area contributed by atoms with Crippen LogP contribution < -0.4 is 10.2 Å². The quantitative estimate of drug-likeness (QED) is 0.606. The van der Waals surface area contributed by atoms with Crippen LogP contribution in [0.3, 0.4) is 0 Å². The number of nitro groups is 1. The molecule has 16 heavy (non-hydrogen) atoms. The van der Waals surface area contributed by atoms with Crippen molar-refractivity contribution in [3.63, 3.8) is 0 Å². The lowest BCUT2D eigenvalue weighted by Crippen LogP contribution is -2.28. The maximum Gasteiger partial charge on any atom is 0.322 e. The molecule has 2 amide bonds. The molecular weight excluding hydrogens is 210 g/mol. The van der Waals surface area contributed by atoms with Crippen molar-refractivity contribution in [1.29, 1.82) is 0 Å². The van der Waals surface area contributed by atoms with Crippen LogP contribution in [0, 0.1) is 17.0 Å². The molecule has 1 N–H and O–H groups in total. The largest absolute Gasteiger partial charge is 0.336 e. The first-order valence-electron chi connectivity index (χ1n) is 4.90. The molecule has 0 saturated carbocycles. The van der Waals surface area contributed by atoms with Crippen LogP contribution in [0.25, 0.3) is 0 Å². The summed E-state index contributed by atoms with van der Waals surface area (Å²) in [5, 5.41) is 13.5. The van der Waals surface area contributed by atoms with Gasteiger partial charge in [0.15, 0.2) is 0 Å². The van der Waals surface area contributed by atoms with Crippen molar-refractivity contribution >= 4 is 17.4 Å². The summed E-state index contributed by atoms with van der Waals surface area (Å²) >= 11 is 0. The van der Waals surface area contributed by atoms with Gasteiger partial charge in [-0.25, -0.2) is 4.79 Å². The molecule has 84 valence electrons. The van der Waals surface area contributed by atoms with Gasteiger partial charge in [0.05, 0.1) is 4.92 Å². The molecule has 0 aliphatic carbocycles. The average molecular weight is 221 g/mol. The predicted octanol–water partition coefficient (Wildman–Crippen LogP) is 1.43. The molecule has 0 unspecified atom stereocenters. The first-order chi connectivity index (χ1) is 7.59. The molecule has 1 aliphatic heterocycles. The summed E-state index contributed by atoms with van der Waals surface area (Å²) in [6, 6.07) is 4.46. The van der Waals surface area contributed by atoms with Crippen molar-refractivity contribution in [2.24, 2.45) is 0 Å². The Labute approximate surface area is 92.0 Å². The monoisotopic (exact) mass is 221 g/mol. The Morgan fingerprint density at radius 3 is 2.81 bits per heavy atom. The van der Waals surface area contributed by atoms with Crippen molar-refractivity contribution in [1.82, 2.24) is 5.32 Å². The summed E-state index contributed by atoms with van der Waals surface area (Å²) in [5.74, 6) is 0. The molecule has 1 heterocycles. The van der Waals surface area contributed by atoms with E-state index in [-0.39, 0.29) is 11.7 Å².